The summed E-state index contributed by atoms with van der Waals surface area (Å²) < 4.78 is 0. The first kappa shape index (κ1) is 10.3. The van der Waals surface area contributed by atoms with Gasteiger partial charge in [-0.15, -0.1) is 6.42 Å². The van der Waals surface area contributed by atoms with Crippen LogP contribution >= 0.6 is 0 Å². The minimum Gasteiger partial charge on any atom is -0.382 e. The third-order valence-corrected chi connectivity index (χ3v) is 1.82. The zero-order valence-electron chi connectivity index (χ0n) is 8.36. The molecule has 74 valence electrons. The molecule has 0 aliphatic heterocycles. The molecule has 0 fully saturated rings. The smallest absolute Gasteiger partial charge is 0.145 e. The lowest BCUT2D eigenvalue weighted by Gasteiger charge is -2.16. The minimum atomic E-state index is -0.0343. The van der Waals surface area contributed by atoms with Gasteiger partial charge >= 0.3 is 0 Å². The van der Waals surface area contributed by atoms with E-state index in [1.54, 1.807) is 6.20 Å². The summed E-state index contributed by atoms with van der Waals surface area (Å²) in [7, 11) is 0. The molecule has 1 heterocycles. The maximum absolute atomic E-state index is 5.41. The van der Waals surface area contributed by atoms with Crippen LogP contribution in [0.1, 0.15) is 13.8 Å². The van der Waals surface area contributed by atoms with Crippen molar-refractivity contribution in [1.29, 1.82) is 0 Å². The Hall–Kier alpha value is -1.76. The minimum absolute atomic E-state index is 0.0343. The molecular weight excluding hydrogens is 176 g/mol. The number of nitrogens with one attached hydrogen (secondary N) is 1. The predicted octanol–water partition coefficient (Wildman–Crippen LogP) is 1.13. The van der Waals surface area contributed by atoms with E-state index in [-0.39, 0.29) is 6.04 Å². The summed E-state index contributed by atoms with van der Waals surface area (Å²) in [5.41, 5.74) is 5.41. The topological polar surface area (TPSA) is 63.8 Å². The van der Waals surface area contributed by atoms with Gasteiger partial charge in [0.05, 0.1) is 18.4 Å². The van der Waals surface area contributed by atoms with Crippen LogP contribution in [0.15, 0.2) is 12.4 Å². The number of hydrogen-bond acceptors (Lipinski definition) is 4. The summed E-state index contributed by atoms with van der Waals surface area (Å²) in [4.78, 5) is 7.96. The van der Waals surface area contributed by atoms with Crippen LogP contribution in [0.3, 0.4) is 0 Å². The summed E-state index contributed by atoms with van der Waals surface area (Å²) in [6.45, 7) is 4.09. The highest BCUT2D eigenvalue weighted by Gasteiger charge is 2.09. The van der Waals surface area contributed by atoms with Crippen molar-refractivity contribution in [3.63, 3.8) is 0 Å². The summed E-state index contributed by atoms with van der Waals surface area (Å²) in [6, 6.07) is -0.0343. The monoisotopic (exact) mass is 190 g/mol. The van der Waals surface area contributed by atoms with Gasteiger partial charge in [0.1, 0.15) is 11.6 Å². The van der Waals surface area contributed by atoms with Gasteiger partial charge in [-0.2, -0.15) is 0 Å². The third kappa shape index (κ3) is 2.63. The van der Waals surface area contributed by atoms with E-state index >= 15 is 0 Å². The molecular formula is C10H14N4. The van der Waals surface area contributed by atoms with Gasteiger partial charge < -0.3 is 11.1 Å². The van der Waals surface area contributed by atoms with E-state index in [1.807, 2.05) is 13.8 Å². The van der Waals surface area contributed by atoms with Crippen LogP contribution in [0.4, 0.5) is 11.6 Å². The van der Waals surface area contributed by atoms with Crippen LogP contribution in [0.5, 0.6) is 0 Å². The molecule has 1 atom stereocenters. The molecule has 1 rings (SSSR count). The molecule has 1 aromatic heterocycles. The summed E-state index contributed by atoms with van der Waals surface area (Å²) >= 11 is 0. The lowest BCUT2D eigenvalue weighted by Crippen LogP contribution is -2.24. The van der Waals surface area contributed by atoms with Crippen molar-refractivity contribution in [3.05, 3.63) is 12.4 Å². The number of nitrogens with two attached hydrogens (primary N) is 1. The molecule has 1 aromatic rings. The van der Waals surface area contributed by atoms with E-state index in [2.05, 4.69) is 21.2 Å². The highest BCUT2D eigenvalue weighted by atomic mass is 15.0. The van der Waals surface area contributed by atoms with Crippen molar-refractivity contribution >= 4 is 11.6 Å². The third-order valence-electron chi connectivity index (χ3n) is 1.82. The van der Waals surface area contributed by atoms with E-state index in [9.17, 15) is 0 Å². The Labute approximate surface area is 83.9 Å². The maximum Gasteiger partial charge on any atom is 0.145 e. The predicted molar refractivity (Wildman–Crippen MR) is 57.5 cm³/mol. The van der Waals surface area contributed by atoms with E-state index in [0.717, 1.165) is 0 Å². The van der Waals surface area contributed by atoms with Crippen LogP contribution in [0.25, 0.3) is 0 Å². The molecule has 0 aliphatic carbocycles. The van der Waals surface area contributed by atoms with Crippen LogP contribution in [-0.2, 0) is 0 Å². The van der Waals surface area contributed by atoms with E-state index in [1.165, 1.54) is 6.20 Å². The first-order chi connectivity index (χ1) is 6.63. The average molecular weight is 190 g/mol. The summed E-state index contributed by atoms with van der Waals surface area (Å²) in [5, 5.41) is 3.09. The number of rotatable bonds is 3. The molecule has 0 aromatic carbocycles. The lowest BCUT2D eigenvalue weighted by molar-refractivity contribution is 0.612. The summed E-state index contributed by atoms with van der Waals surface area (Å²) in [5.74, 6) is 4.05. The normalized spacial score (nSPS) is 12.1. The van der Waals surface area contributed by atoms with Crippen molar-refractivity contribution in [2.75, 3.05) is 11.1 Å². The van der Waals surface area contributed by atoms with Crippen LogP contribution < -0.4 is 11.1 Å². The van der Waals surface area contributed by atoms with Gasteiger partial charge in [0.25, 0.3) is 0 Å². The molecule has 1 unspecified atom stereocenters. The van der Waals surface area contributed by atoms with Gasteiger partial charge in [-0.25, -0.2) is 9.97 Å². The molecule has 4 heteroatoms. The zero-order valence-corrected chi connectivity index (χ0v) is 8.36. The Morgan fingerprint density at radius 1 is 1.43 bits per heavy atom. The lowest BCUT2D eigenvalue weighted by atomic mass is 10.1. The van der Waals surface area contributed by atoms with Crippen LogP contribution in [-0.4, -0.2) is 16.0 Å². The molecule has 0 radical (unpaired) electrons. The molecule has 0 aliphatic rings. The first-order valence-electron chi connectivity index (χ1n) is 4.43. The second kappa shape index (κ2) is 4.47. The highest BCUT2D eigenvalue weighted by molar-refractivity contribution is 5.38. The molecule has 4 nitrogen and oxygen atoms in total. The Morgan fingerprint density at radius 2 is 2.14 bits per heavy atom. The largest absolute Gasteiger partial charge is 0.382 e. The second-order valence-corrected chi connectivity index (χ2v) is 3.36. The Bertz CT molecular complexity index is 323. The van der Waals surface area contributed by atoms with Gasteiger partial charge in [0, 0.05) is 0 Å². The fourth-order valence-corrected chi connectivity index (χ4v) is 0.973. The molecule has 0 amide bonds. The quantitative estimate of drug-likeness (QED) is 0.701. The first-order valence-corrected chi connectivity index (χ1v) is 4.43. The molecule has 0 saturated heterocycles. The van der Waals surface area contributed by atoms with Gasteiger partial charge in [0.15, 0.2) is 0 Å². The van der Waals surface area contributed by atoms with Gasteiger partial charge in [0.2, 0.25) is 0 Å². The Kier molecular flexibility index (Phi) is 3.29. The summed E-state index contributed by atoms with van der Waals surface area (Å²) in [6.07, 6.45) is 8.43. The fourth-order valence-electron chi connectivity index (χ4n) is 0.973. The number of nitrogen functional groups attached to an aromatic ring is 1. The Morgan fingerprint density at radius 3 is 2.57 bits per heavy atom. The van der Waals surface area contributed by atoms with Gasteiger partial charge in [-0.1, -0.05) is 19.8 Å². The van der Waals surface area contributed by atoms with Crippen molar-refractivity contribution in [1.82, 2.24) is 9.97 Å². The molecule has 3 N–H and O–H groups in total. The van der Waals surface area contributed by atoms with Crippen molar-refractivity contribution in [3.8, 4) is 12.3 Å². The van der Waals surface area contributed by atoms with Crippen molar-refractivity contribution < 1.29 is 0 Å². The second-order valence-electron chi connectivity index (χ2n) is 3.36. The highest BCUT2D eigenvalue weighted by Crippen LogP contribution is 2.08. The molecule has 14 heavy (non-hydrogen) atoms. The van der Waals surface area contributed by atoms with Gasteiger partial charge in [-0.05, 0) is 5.92 Å². The van der Waals surface area contributed by atoms with Crippen LogP contribution in [0, 0.1) is 18.3 Å². The van der Waals surface area contributed by atoms with E-state index in [0.29, 0.717) is 17.6 Å². The van der Waals surface area contributed by atoms with Crippen molar-refractivity contribution in [2.45, 2.75) is 19.9 Å². The number of aromatic nitrogens is 2. The molecule has 0 saturated carbocycles. The van der Waals surface area contributed by atoms with Gasteiger partial charge in [-0.3, -0.25) is 0 Å². The van der Waals surface area contributed by atoms with Crippen molar-refractivity contribution in [2.24, 2.45) is 5.92 Å². The molecule has 0 bridgehead atoms. The standard InChI is InChI=1S/C10H14N4/c1-4-8(7(2)3)14-10-6-12-9(11)5-13-10/h1,5-8H,2-3H3,(H2,11,12)(H,13,14). The Balaban J connectivity index is 2.69. The number of terminal acetylenes is 1. The molecule has 0 spiro atoms. The number of anilines is 2. The van der Waals surface area contributed by atoms with Crippen LogP contribution in [0.2, 0.25) is 0 Å². The van der Waals surface area contributed by atoms with E-state index in [4.69, 9.17) is 12.2 Å². The maximum atomic E-state index is 5.41. The van der Waals surface area contributed by atoms with E-state index < -0.39 is 0 Å². The number of hydrogen-bond donors (Lipinski definition) is 2. The zero-order chi connectivity index (χ0) is 10.6. The fraction of sp³-hybridized carbons (Fsp3) is 0.400. The average Bonchev–Trinajstić information content (AvgIpc) is 2.16. The number of nitrogens with zero attached hydrogens (tertiary/aromatic N) is 2. The SMILES string of the molecule is C#CC(Nc1cnc(N)cn1)C(C)C.